The van der Waals surface area contributed by atoms with Crippen molar-refractivity contribution in [3.05, 3.63) is 29.8 Å². The summed E-state index contributed by atoms with van der Waals surface area (Å²) < 4.78 is 5.57. The number of hydrogen-bond donors (Lipinski definition) is 1. The third kappa shape index (κ3) is 3.17. The topological polar surface area (TPSA) is 66.8 Å². The van der Waals surface area contributed by atoms with E-state index in [9.17, 15) is 9.59 Å². The maximum Gasteiger partial charge on any atom is 0.323 e. The van der Waals surface area contributed by atoms with Crippen molar-refractivity contribution < 1.29 is 19.4 Å². The van der Waals surface area contributed by atoms with E-state index in [0.717, 1.165) is 24.2 Å². The van der Waals surface area contributed by atoms with Gasteiger partial charge in [-0.2, -0.15) is 0 Å². The number of carbonyl (C=O) groups excluding carboxylic acids is 1. The Morgan fingerprint density at radius 1 is 1.24 bits per heavy atom. The summed E-state index contributed by atoms with van der Waals surface area (Å²) in [5, 5.41) is 9.04. The molecule has 0 radical (unpaired) electrons. The van der Waals surface area contributed by atoms with Crippen molar-refractivity contribution in [3.63, 3.8) is 0 Å². The molecule has 1 aromatic carbocycles. The molecule has 21 heavy (non-hydrogen) atoms. The van der Waals surface area contributed by atoms with Crippen LogP contribution >= 0.6 is 0 Å². The van der Waals surface area contributed by atoms with E-state index in [1.165, 1.54) is 4.90 Å². The van der Waals surface area contributed by atoms with Gasteiger partial charge in [-0.3, -0.25) is 9.59 Å². The van der Waals surface area contributed by atoms with Gasteiger partial charge in [0, 0.05) is 12.1 Å². The Balaban J connectivity index is 1.80. The Morgan fingerprint density at radius 3 is 2.71 bits per heavy atom. The van der Waals surface area contributed by atoms with Crippen molar-refractivity contribution in [1.82, 2.24) is 4.90 Å². The lowest BCUT2D eigenvalue weighted by molar-refractivity contribution is -0.145. The fourth-order valence-electron chi connectivity index (χ4n) is 2.83. The average molecular weight is 289 g/mol. The smallest absolute Gasteiger partial charge is 0.323 e. The number of para-hydroxylation sites is 1. The van der Waals surface area contributed by atoms with Crippen molar-refractivity contribution in [1.29, 1.82) is 0 Å². The third-order valence-corrected chi connectivity index (χ3v) is 4.07. The fraction of sp³-hybridized carbons (Fsp3) is 0.500. The van der Waals surface area contributed by atoms with Crippen molar-refractivity contribution in [2.24, 2.45) is 5.92 Å². The molecular formula is C16H19NO4. The van der Waals surface area contributed by atoms with E-state index in [1.807, 2.05) is 24.3 Å². The lowest BCUT2D eigenvalue weighted by Crippen LogP contribution is -2.41. The molecule has 1 unspecified atom stereocenters. The summed E-state index contributed by atoms with van der Waals surface area (Å²) in [7, 11) is 0. The first-order valence-electron chi connectivity index (χ1n) is 7.37. The van der Waals surface area contributed by atoms with E-state index in [-0.39, 0.29) is 18.4 Å². The van der Waals surface area contributed by atoms with E-state index in [0.29, 0.717) is 25.5 Å². The molecule has 5 heteroatoms. The predicted molar refractivity (Wildman–Crippen MR) is 76.2 cm³/mol. The van der Waals surface area contributed by atoms with Crippen LogP contribution in [0.15, 0.2) is 24.3 Å². The van der Waals surface area contributed by atoms with Gasteiger partial charge < -0.3 is 14.7 Å². The SMILES string of the molecule is O=C(O)CN(CC1CC1)C(=O)C1CCOc2ccccc21. The van der Waals surface area contributed by atoms with Gasteiger partial charge in [-0.05, 0) is 31.2 Å². The molecule has 0 spiro atoms. The molecule has 0 saturated heterocycles. The van der Waals surface area contributed by atoms with Crippen molar-refractivity contribution in [2.75, 3.05) is 19.7 Å². The minimum atomic E-state index is -0.954. The zero-order chi connectivity index (χ0) is 14.8. The number of carboxylic acids is 1. The van der Waals surface area contributed by atoms with Crippen molar-refractivity contribution >= 4 is 11.9 Å². The number of nitrogens with zero attached hydrogens (tertiary/aromatic N) is 1. The number of carbonyl (C=O) groups is 2. The van der Waals surface area contributed by atoms with Crippen LogP contribution < -0.4 is 4.74 Å². The van der Waals surface area contributed by atoms with Crippen LogP contribution in [0, 0.1) is 5.92 Å². The molecule has 1 amide bonds. The number of rotatable bonds is 5. The Labute approximate surface area is 123 Å². The molecule has 112 valence electrons. The minimum Gasteiger partial charge on any atom is -0.493 e. The van der Waals surface area contributed by atoms with Crippen LogP contribution in [0.5, 0.6) is 5.75 Å². The largest absolute Gasteiger partial charge is 0.493 e. The van der Waals surface area contributed by atoms with Gasteiger partial charge in [0.05, 0.1) is 12.5 Å². The molecule has 2 aliphatic rings. The summed E-state index contributed by atoms with van der Waals surface area (Å²) in [5.74, 6) is -0.107. The van der Waals surface area contributed by atoms with Gasteiger partial charge in [0.15, 0.2) is 0 Å². The molecule has 1 aliphatic heterocycles. The van der Waals surface area contributed by atoms with Gasteiger partial charge in [-0.15, -0.1) is 0 Å². The van der Waals surface area contributed by atoms with E-state index in [4.69, 9.17) is 9.84 Å². The molecule has 1 saturated carbocycles. The van der Waals surface area contributed by atoms with Crippen LogP contribution in [0.1, 0.15) is 30.7 Å². The molecule has 1 aliphatic carbocycles. The van der Waals surface area contributed by atoms with Crippen molar-refractivity contribution in [2.45, 2.75) is 25.2 Å². The number of ether oxygens (including phenoxy) is 1. The molecule has 0 bridgehead atoms. The van der Waals surface area contributed by atoms with E-state index < -0.39 is 5.97 Å². The third-order valence-electron chi connectivity index (χ3n) is 4.07. The lowest BCUT2D eigenvalue weighted by atomic mass is 9.91. The summed E-state index contributed by atoms with van der Waals surface area (Å²) in [6.45, 7) is 0.845. The average Bonchev–Trinajstić information content (AvgIpc) is 3.29. The Bertz CT molecular complexity index is 553. The zero-order valence-electron chi connectivity index (χ0n) is 11.8. The van der Waals surface area contributed by atoms with Crippen LogP contribution in [0.4, 0.5) is 0 Å². The summed E-state index contributed by atoms with van der Waals surface area (Å²) >= 11 is 0. The number of hydrogen-bond acceptors (Lipinski definition) is 3. The highest BCUT2D eigenvalue weighted by Crippen LogP contribution is 2.36. The zero-order valence-corrected chi connectivity index (χ0v) is 11.8. The van der Waals surface area contributed by atoms with E-state index >= 15 is 0 Å². The fourth-order valence-corrected chi connectivity index (χ4v) is 2.83. The van der Waals surface area contributed by atoms with Crippen LogP contribution in [0.2, 0.25) is 0 Å². The van der Waals surface area contributed by atoms with Crippen LogP contribution in [0.25, 0.3) is 0 Å². The second-order valence-corrected chi connectivity index (χ2v) is 5.78. The molecule has 0 aromatic heterocycles. The highest BCUT2D eigenvalue weighted by Gasteiger charge is 2.34. The minimum absolute atomic E-state index is 0.0833. The number of carboxylic acid groups (broad SMARTS) is 1. The molecule has 1 aromatic rings. The molecule has 1 fully saturated rings. The molecule has 3 rings (SSSR count). The summed E-state index contributed by atoms with van der Waals surface area (Å²) in [5.41, 5.74) is 0.875. The predicted octanol–water partition coefficient (Wildman–Crippen LogP) is 1.88. The van der Waals surface area contributed by atoms with Crippen LogP contribution in [-0.2, 0) is 9.59 Å². The molecule has 1 N–H and O–H groups in total. The summed E-state index contributed by atoms with van der Waals surface area (Å²) in [4.78, 5) is 25.3. The quantitative estimate of drug-likeness (QED) is 0.898. The van der Waals surface area contributed by atoms with Gasteiger partial charge in [-0.25, -0.2) is 0 Å². The molecule has 1 atom stereocenters. The highest BCUT2D eigenvalue weighted by atomic mass is 16.5. The second-order valence-electron chi connectivity index (χ2n) is 5.78. The summed E-state index contributed by atoms with van der Waals surface area (Å²) in [6, 6.07) is 7.52. The normalized spacial score (nSPS) is 20.3. The first-order valence-corrected chi connectivity index (χ1v) is 7.37. The maximum absolute atomic E-state index is 12.8. The first-order chi connectivity index (χ1) is 10.1. The van der Waals surface area contributed by atoms with Gasteiger partial charge in [-0.1, -0.05) is 18.2 Å². The number of fused-ring (bicyclic) bond motifs is 1. The number of amides is 1. The summed E-state index contributed by atoms with van der Waals surface area (Å²) in [6.07, 6.45) is 2.79. The number of aliphatic carboxylic acids is 1. The van der Waals surface area contributed by atoms with E-state index in [1.54, 1.807) is 0 Å². The Morgan fingerprint density at radius 2 is 2.00 bits per heavy atom. The van der Waals surface area contributed by atoms with Crippen LogP contribution in [-0.4, -0.2) is 41.6 Å². The van der Waals surface area contributed by atoms with E-state index in [2.05, 4.69) is 0 Å². The highest BCUT2D eigenvalue weighted by molar-refractivity contribution is 5.87. The maximum atomic E-state index is 12.8. The number of benzene rings is 1. The van der Waals surface area contributed by atoms with Crippen LogP contribution in [0.3, 0.4) is 0 Å². The van der Waals surface area contributed by atoms with Gasteiger partial charge in [0.1, 0.15) is 12.3 Å². The second kappa shape index (κ2) is 5.76. The van der Waals surface area contributed by atoms with Gasteiger partial charge in [0.25, 0.3) is 0 Å². The first kappa shape index (κ1) is 13.9. The van der Waals surface area contributed by atoms with Gasteiger partial charge >= 0.3 is 5.97 Å². The van der Waals surface area contributed by atoms with Crippen molar-refractivity contribution in [3.8, 4) is 5.75 Å². The lowest BCUT2D eigenvalue weighted by Gasteiger charge is -2.30. The molecule has 5 nitrogen and oxygen atoms in total. The monoisotopic (exact) mass is 289 g/mol. The Kier molecular flexibility index (Phi) is 3.82. The Hall–Kier alpha value is -2.04. The molecular weight excluding hydrogens is 270 g/mol. The van der Waals surface area contributed by atoms with Gasteiger partial charge in [0.2, 0.25) is 5.91 Å². The molecule has 1 heterocycles. The standard InChI is InChI=1S/C16H19NO4/c18-15(19)10-17(9-11-5-6-11)16(20)13-7-8-21-14-4-2-1-3-12(13)14/h1-4,11,13H,5-10H2,(H,18,19).